The molecule has 5 N–H and O–H groups in total. The summed E-state index contributed by atoms with van der Waals surface area (Å²) in [6, 6.07) is 0. The van der Waals surface area contributed by atoms with E-state index in [2.05, 4.69) is 14.1 Å². The predicted octanol–water partition coefficient (Wildman–Crippen LogP) is -2.16. The van der Waals surface area contributed by atoms with E-state index in [-0.39, 0.29) is 6.61 Å². The molecular weight excluding hydrogens is 223 g/mol. The lowest BCUT2D eigenvalue weighted by Gasteiger charge is -2.28. The van der Waals surface area contributed by atoms with Crippen molar-refractivity contribution in [2.45, 2.75) is 6.42 Å². The number of hydrogen-bond acceptors (Lipinski definition) is 4. The van der Waals surface area contributed by atoms with Gasteiger partial charge in [0.1, 0.15) is 6.54 Å². The van der Waals surface area contributed by atoms with Crippen LogP contribution in [0.3, 0.4) is 0 Å². The minimum absolute atomic E-state index is 0.261. The van der Waals surface area contributed by atoms with Crippen LogP contribution in [0.2, 0.25) is 0 Å². The molecule has 0 saturated heterocycles. The van der Waals surface area contributed by atoms with E-state index in [1.807, 2.05) is 0 Å². The lowest BCUT2D eigenvalue weighted by Crippen LogP contribution is -2.43. The van der Waals surface area contributed by atoms with E-state index in [0.717, 1.165) is 30.5 Å². The van der Waals surface area contributed by atoms with E-state index in [1.54, 1.807) is 0 Å². The Morgan fingerprint density at radius 3 is 2.00 bits per heavy atom. The van der Waals surface area contributed by atoms with Crippen LogP contribution < -0.4 is 10.6 Å². The smallest absolute Gasteiger partial charge is 0.262 e. The molecule has 0 atom stereocenters. The van der Waals surface area contributed by atoms with Gasteiger partial charge in [-0.15, -0.1) is 0 Å². The van der Waals surface area contributed by atoms with Gasteiger partial charge in [0.15, 0.2) is 0 Å². The number of quaternary nitrogens is 1. The molecule has 15 heavy (non-hydrogen) atoms. The molecule has 0 aliphatic carbocycles. The summed E-state index contributed by atoms with van der Waals surface area (Å²) in [7, 11) is -0.683. The number of nitrogens with zero attached hydrogens (tertiary/aromatic N) is 1. The average molecular weight is 244 g/mol. The number of phosphoric acid groups is 1. The number of aliphatic hydroxyl groups is 1. The van der Waals surface area contributed by atoms with Crippen LogP contribution >= 0.6 is 7.82 Å². The Bertz CT molecular complexity index is 186. The summed E-state index contributed by atoms with van der Waals surface area (Å²) in [6.07, 6.45) is 1.03. The zero-order valence-corrected chi connectivity index (χ0v) is 10.1. The molecule has 0 spiro atoms. The first-order valence-electron chi connectivity index (χ1n) is 4.52. The van der Waals surface area contributed by atoms with Gasteiger partial charge in [-0.1, -0.05) is 0 Å². The van der Waals surface area contributed by atoms with E-state index >= 15 is 0 Å². The average Bonchev–Trinajstić information content (AvgIpc) is 1.97. The molecule has 0 radical (unpaired) electrons. The van der Waals surface area contributed by atoms with E-state index < -0.39 is 7.82 Å². The Balaban J connectivity index is 0. The number of likely N-dealkylation sites (N-methyl/N-ethyl adjacent to an activating group) is 1. The summed E-state index contributed by atoms with van der Waals surface area (Å²) in [6.45, 7) is 2.88. The van der Waals surface area contributed by atoms with Crippen molar-refractivity contribution in [3.05, 3.63) is 0 Å². The molecule has 0 saturated carbocycles. The van der Waals surface area contributed by atoms with Crippen molar-refractivity contribution < 1.29 is 28.8 Å². The van der Waals surface area contributed by atoms with Gasteiger partial charge in [-0.05, 0) is 6.54 Å². The van der Waals surface area contributed by atoms with Crippen molar-refractivity contribution in [3.63, 3.8) is 0 Å². The summed E-state index contributed by atoms with van der Waals surface area (Å²) in [4.78, 5) is 22.9. The highest BCUT2D eigenvalue weighted by molar-refractivity contribution is 7.43. The first kappa shape index (κ1) is 17.4. The molecule has 0 aromatic rings. The largest absolute Gasteiger partial charge is 0.756 e. The van der Waals surface area contributed by atoms with Crippen LogP contribution in [0.25, 0.3) is 0 Å². The van der Waals surface area contributed by atoms with Crippen molar-refractivity contribution in [2.24, 2.45) is 5.73 Å². The molecule has 0 aliphatic rings. The number of aliphatic hydroxyl groups excluding tert-OH is 1. The third-order valence-corrected chi connectivity index (χ3v) is 1.67. The molecule has 0 fully saturated rings. The van der Waals surface area contributed by atoms with Gasteiger partial charge < -0.3 is 30.0 Å². The lowest BCUT2D eigenvalue weighted by atomic mass is 10.3. The van der Waals surface area contributed by atoms with Gasteiger partial charge in [0.05, 0.1) is 27.2 Å². The molecule has 0 rings (SSSR count). The van der Waals surface area contributed by atoms with Gasteiger partial charge in [-0.3, -0.25) is 4.57 Å². The molecule has 8 heteroatoms. The van der Waals surface area contributed by atoms with Crippen molar-refractivity contribution in [2.75, 3.05) is 40.3 Å². The Hall–Kier alpha value is -0.0100. The summed E-state index contributed by atoms with van der Waals surface area (Å²) < 4.78 is 9.64. The van der Waals surface area contributed by atoms with Gasteiger partial charge >= 0.3 is 0 Å². The van der Waals surface area contributed by atoms with Crippen LogP contribution in [-0.2, 0) is 4.57 Å². The number of nitrogens with two attached hydrogens (primary N) is 1. The van der Waals surface area contributed by atoms with Crippen LogP contribution in [0.1, 0.15) is 6.42 Å². The van der Waals surface area contributed by atoms with Crippen LogP contribution in [0, 0.1) is 0 Å². The molecule has 0 aliphatic heterocycles. The lowest BCUT2D eigenvalue weighted by molar-refractivity contribution is -0.890. The first-order chi connectivity index (χ1) is 6.62. The molecule has 0 amide bonds. The maximum absolute atomic E-state index is 8.77. The highest BCUT2D eigenvalue weighted by Crippen LogP contribution is 2.18. The summed E-state index contributed by atoms with van der Waals surface area (Å²) in [5.74, 6) is 0. The number of hydrogen-bond donors (Lipinski definition) is 4. The van der Waals surface area contributed by atoms with Crippen LogP contribution in [0.5, 0.6) is 0 Å². The molecule has 0 aromatic heterocycles. The van der Waals surface area contributed by atoms with Gasteiger partial charge in [-0.25, -0.2) is 0 Å². The fourth-order valence-corrected chi connectivity index (χ4v) is 0.902. The highest BCUT2D eigenvalue weighted by Gasteiger charge is 2.11. The zero-order valence-electron chi connectivity index (χ0n) is 9.17. The van der Waals surface area contributed by atoms with Gasteiger partial charge in [0.25, 0.3) is 7.82 Å². The minimum atomic E-state index is -4.89. The summed E-state index contributed by atoms with van der Waals surface area (Å²) >= 11 is 0. The Morgan fingerprint density at radius 2 is 1.73 bits per heavy atom. The molecule has 0 heterocycles. The summed E-state index contributed by atoms with van der Waals surface area (Å²) in [5, 5.41) is 8.65. The quantitative estimate of drug-likeness (QED) is 0.322. The Morgan fingerprint density at radius 1 is 1.33 bits per heavy atom. The monoisotopic (exact) mass is 244 g/mol. The van der Waals surface area contributed by atoms with Gasteiger partial charge in [-0.2, -0.15) is 0 Å². The Labute approximate surface area is 90.0 Å². The van der Waals surface area contributed by atoms with E-state index in [0.29, 0.717) is 0 Å². The number of rotatable bonds is 5. The van der Waals surface area contributed by atoms with Gasteiger partial charge in [0.2, 0.25) is 0 Å². The predicted molar refractivity (Wildman–Crippen MR) is 54.6 cm³/mol. The third-order valence-electron chi connectivity index (χ3n) is 1.67. The van der Waals surface area contributed by atoms with Crippen LogP contribution in [0.4, 0.5) is 0 Å². The zero-order chi connectivity index (χ0) is 12.5. The molecular formula is C7H21N2O5P. The third kappa shape index (κ3) is 24.9. The fraction of sp³-hybridized carbons (Fsp3) is 1.00. The Kier molecular flexibility index (Phi) is 9.48. The normalized spacial score (nSPS) is 11.9. The molecule has 0 unspecified atom stereocenters. The minimum Gasteiger partial charge on any atom is -0.756 e. The molecule has 94 valence electrons. The maximum Gasteiger partial charge on any atom is 0.262 e. The van der Waals surface area contributed by atoms with Crippen molar-refractivity contribution in [1.82, 2.24) is 0 Å². The maximum atomic E-state index is 8.77. The van der Waals surface area contributed by atoms with Crippen LogP contribution in [0.15, 0.2) is 0 Å². The molecule has 0 aromatic carbocycles. The highest BCUT2D eigenvalue weighted by atomic mass is 31.2. The van der Waals surface area contributed by atoms with E-state index in [9.17, 15) is 0 Å². The van der Waals surface area contributed by atoms with Crippen molar-refractivity contribution >= 4 is 7.82 Å². The first-order valence-corrected chi connectivity index (χ1v) is 6.05. The SMILES string of the molecule is C[N+](C)(CCO)CCCN.O=P([O-])(O)O. The second-order valence-corrected chi connectivity index (χ2v) is 4.72. The van der Waals surface area contributed by atoms with Crippen molar-refractivity contribution in [1.29, 1.82) is 0 Å². The molecule has 0 bridgehead atoms. The molecule has 7 nitrogen and oxygen atoms in total. The van der Waals surface area contributed by atoms with E-state index in [4.69, 9.17) is 30.1 Å². The van der Waals surface area contributed by atoms with Crippen LogP contribution in [-0.4, -0.2) is 59.7 Å². The second-order valence-electron chi connectivity index (χ2n) is 3.74. The standard InChI is InChI=1S/C7H19N2O.H3O4P/c1-9(2,6-7-10)5-3-4-8;1-5(2,3)4/h10H,3-8H2,1-2H3;(H3,1,2,3,4)/q+1;/p-1. The fourth-order valence-electron chi connectivity index (χ4n) is 0.902. The topological polar surface area (TPSA) is 127 Å². The second kappa shape index (κ2) is 8.18. The van der Waals surface area contributed by atoms with Crippen molar-refractivity contribution in [3.8, 4) is 0 Å². The van der Waals surface area contributed by atoms with E-state index in [1.165, 1.54) is 0 Å². The summed E-state index contributed by atoms with van der Waals surface area (Å²) in [5.41, 5.74) is 5.36. The van der Waals surface area contributed by atoms with Gasteiger partial charge in [0, 0.05) is 6.42 Å².